The van der Waals surface area contributed by atoms with Crippen molar-refractivity contribution in [3.63, 3.8) is 0 Å². The quantitative estimate of drug-likeness (QED) is 0.876. The van der Waals surface area contributed by atoms with E-state index in [2.05, 4.69) is 5.10 Å². The van der Waals surface area contributed by atoms with Crippen LogP contribution in [0.25, 0.3) is 0 Å². The Balaban J connectivity index is 2.10. The third kappa shape index (κ3) is 3.05. The Hall–Kier alpha value is -1.46. The van der Waals surface area contributed by atoms with Crippen molar-refractivity contribution < 1.29 is 9.90 Å². The highest BCUT2D eigenvalue weighted by Gasteiger charge is 2.09. The Morgan fingerprint density at radius 3 is 2.94 bits per heavy atom. The van der Waals surface area contributed by atoms with Crippen LogP contribution in [0.1, 0.15) is 15.9 Å². The highest BCUT2D eigenvalue weighted by molar-refractivity contribution is 7.98. The first kappa shape index (κ1) is 13.0. The number of rotatable bonds is 4. The smallest absolute Gasteiger partial charge is 0.337 e. The summed E-state index contributed by atoms with van der Waals surface area (Å²) in [6.45, 7) is 0. The zero-order valence-corrected chi connectivity index (χ0v) is 11.2. The summed E-state index contributed by atoms with van der Waals surface area (Å²) in [4.78, 5) is 11.8. The van der Waals surface area contributed by atoms with Crippen LogP contribution in [0.15, 0.2) is 35.5 Å². The molecule has 0 aliphatic heterocycles. The predicted molar refractivity (Wildman–Crippen MR) is 71.2 cm³/mol. The van der Waals surface area contributed by atoms with Crippen molar-refractivity contribution in [2.45, 2.75) is 10.6 Å². The van der Waals surface area contributed by atoms with Crippen LogP contribution in [0.4, 0.5) is 0 Å². The van der Waals surface area contributed by atoms with Gasteiger partial charge in [-0.15, -0.1) is 11.8 Å². The molecule has 0 unspecified atom stereocenters. The van der Waals surface area contributed by atoms with Crippen LogP contribution in [0.3, 0.4) is 0 Å². The molecule has 4 nitrogen and oxygen atoms in total. The van der Waals surface area contributed by atoms with Crippen molar-refractivity contribution in [2.24, 2.45) is 7.05 Å². The Morgan fingerprint density at radius 2 is 2.33 bits per heavy atom. The van der Waals surface area contributed by atoms with E-state index in [4.69, 9.17) is 16.7 Å². The van der Waals surface area contributed by atoms with Crippen molar-refractivity contribution in [3.8, 4) is 0 Å². The van der Waals surface area contributed by atoms with Gasteiger partial charge in [-0.05, 0) is 18.2 Å². The van der Waals surface area contributed by atoms with E-state index in [1.54, 1.807) is 34.8 Å². The van der Waals surface area contributed by atoms with Crippen LogP contribution >= 0.6 is 23.4 Å². The van der Waals surface area contributed by atoms with Crippen molar-refractivity contribution in [2.75, 3.05) is 0 Å². The van der Waals surface area contributed by atoms with Gasteiger partial charge in [-0.3, -0.25) is 4.68 Å². The Kier molecular flexibility index (Phi) is 3.93. The number of halogens is 1. The largest absolute Gasteiger partial charge is 0.478 e. The molecule has 0 amide bonds. The molecule has 2 aromatic rings. The molecule has 94 valence electrons. The van der Waals surface area contributed by atoms with Gasteiger partial charge in [0.15, 0.2) is 0 Å². The molecular weight excluding hydrogens is 272 g/mol. The first-order chi connectivity index (χ1) is 8.56. The van der Waals surface area contributed by atoms with E-state index in [-0.39, 0.29) is 10.6 Å². The number of benzene rings is 1. The van der Waals surface area contributed by atoms with Crippen LogP contribution in [0.2, 0.25) is 5.02 Å². The lowest BCUT2D eigenvalue weighted by Gasteiger charge is -2.03. The summed E-state index contributed by atoms with van der Waals surface area (Å²) in [5.41, 5.74) is 1.22. The highest BCUT2D eigenvalue weighted by atomic mass is 35.5. The molecule has 0 saturated heterocycles. The molecule has 0 aliphatic carbocycles. The zero-order valence-electron chi connectivity index (χ0n) is 9.63. The van der Waals surface area contributed by atoms with E-state index >= 15 is 0 Å². The van der Waals surface area contributed by atoms with Gasteiger partial charge < -0.3 is 5.11 Å². The van der Waals surface area contributed by atoms with Gasteiger partial charge in [-0.25, -0.2) is 4.79 Å². The first-order valence-electron chi connectivity index (χ1n) is 5.19. The van der Waals surface area contributed by atoms with E-state index in [1.807, 2.05) is 19.3 Å². The monoisotopic (exact) mass is 282 g/mol. The summed E-state index contributed by atoms with van der Waals surface area (Å²) in [7, 11) is 1.86. The number of thioether (sulfide) groups is 1. The van der Waals surface area contributed by atoms with Crippen LogP contribution in [0, 0.1) is 0 Å². The number of aromatic nitrogens is 2. The number of hydrogen-bond donors (Lipinski definition) is 1. The predicted octanol–water partition coefficient (Wildman–Crippen LogP) is 3.06. The summed E-state index contributed by atoms with van der Waals surface area (Å²) in [6.07, 6.45) is 3.72. The van der Waals surface area contributed by atoms with E-state index in [0.717, 1.165) is 16.2 Å². The Morgan fingerprint density at radius 1 is 1.56 bits per heavy atom. The number of nitrogens with zero attached hydrogens (tertiary/aromatic N) is 2. The van der Waals surface area contributed by atoms with Crippen LogP contribution in [-0.2, 0) is 12.8 Å². The number of carboxylic acid groups (broad SMARTS) is 1. The lowest BCUT2D eigenvalue weighted by atomic mass is 10.2. The van der Waals surface area contributed by atoms with E-state index < -0.39 is 5.97 Å². The number of hydrogen-bond acceptors (Lipinski definition) is 3. The van der Waals surface area contributed by atoms with Crippen LogP contribution < -0.4 is 0 Å². The van der Waals surface area contributed by atoms with Gasteiger partial charge >= 0.3 is 5.97 Å². The fraction of sp³-hybridized carbons (Fsp3) is 0.167. The molecule has 0 radical (unpaired) electrons. The van der Waals surface area contributed by atoms with Gasteiger partial charge in [0.25, 0.3) is 0 Å². The minimum absolute atomic E-state index is 0.132. The van der Waals surface area contributed by atoms with E-state index in [0.29, 0.717) is 0 Å². The van der Waals surface area contributed by atoms with Gasteiger partial charge in [0.05, 0.1) is 16.8 Å². The average Bonchev–Trinajstić information content (AvgIpc) is 2.74. The fourth-order valence-corrected chi connectivity index (χ4v) is 2.52. The molecule has 6 heteroatoms. The lowest BCUT2D eigenvalue weighted by molar-refractivity contribution is 0.0697. The number of aryl methyl sites for hydroxylation is 1. The minimum Gasteiger partial charge on any atom is -0.478 e. The molecule has 0 saturated carbocycles. The molecule has 0 aliphatic rings. The maximum atomic E-state index is 10.9. The average molecular weight is 283 g/mol. The van der Waals surface area contributed by atoms with Crippen molar-refractivity contribution in [1.29, 1.82) is 0 Å². The summed E-state index contributed by atoms with van der Waals surface area (Å²) >= 11 is 7.36. The molecule has 0 bridgehead atoms. The van der Waals surface area contributed by atoms with Crippen molar-refractivity contribution in [1.82, 2.24) is 9.78 Å². The summed E-state index contributed by atoms with van der Waals surface area (Å²) < 4.78 is 1.74. The Bertz CT molecular complexity index is 583. The number of aromatic carboxylic acids is 1. The molecule has 1 aromatic heterocycles. The maximum Gasteiger partial charge on any atom is 0.337 e. The normalized spacial score (nSPS) is 10.6. The third-order valence-corrected chi connectivity index (χ3v) is 3.73. The van der Waals surface area contributed by atoms with Crippen LogP contribution in [0.5, 0.6) is 0 Å². The second-order valence-electron chi connectivity index (χ2n) is 3.76. The molecule has 0 spiro atoms. The summed E-state index contributed by atoms with van der Waals surface area (Å²) in [6, 6.07) is 5.01. The summed E-state index contributed by atoms with van der Waals surface area (Å²) in [5.74, 6) is -0.266. The molecule has 1 heterocycles. The zero-order chi connectivity index (χ0) is 13.1. The fourth-order valence-electron chi connectivity index (χ4n) is 1.47. The molecule has 0 atom stereocenters. The molecule has 18 heavy (non-hydrogen) atoms. The molecule has 0 fully saturated rings. The summed E-state index contributed by atoms with van der Waals surface area (Å²) in [5, 5.41) is 13.3. The number of carbonyl (C=O) groups is 1. The molecule has 2 rings (SSSR count). The third-order valence-electron chi connectivity index (χ3n) is 2.33. The molecule has 1 aromatic carbocycles. The molecular formula is C12H11ClN2O2S. The molecule has 1 N–H and O–H groups in total. The standard InChI is InChI=1S/C12H11ClN2O2S/c1-15-6-8(5-14-15)7-18-9-2-3-11(13)10(4-9)12(16)17/h2-6H,7H2,1H3,(H,16,17). The minimum atomic E-state index is -1.01. The maximum absolute atomic E-state index is 10.9. The van der Waals surface area contributed by atoms with Gasteiger partial charge in [-0.1, -0.05) is 11.6 Å². The second-order valence-corrected chi connectivity index (χ2v) is 5.21. The Labute approximate surface area is 114 Å². The van der Waals surface area contributed by atoms with Crippen molar-refractivity contribution in [3.05, 3.63) is 46.7 Å². The first-order valence-corrected chi connectivity index (χ1v) is 6.56. The van der Waals surface area contributed by atoms with Gasteiger partial charge in [0.2, 0.25) is 0 Å². The van der Waals surface area contributed by atoms with Crippen molar-refractivity contribution >= 4 is 29.3 Å². The second kappa shape index (κ2) is 5.46. The van der Waals surface area contributed by atoms with E-state index in [1.165, 1.54) is 0 Å². The SMILES string of the molecule is Cn1cc(CSc2ccc(Cl)c(C(=O)O)c2)cn1. The highest BCUT2D eigenvalue weighted by Crippen LogP contribution is 2.27. The van der Waals surface area contributed by atoms with Gasteiger partial charge in [0.1, 0.15) is 0 Å². The lowest BCUT2D eigenvalue weighted by Crippen LogP contribution is -1.97. The van der Waals surface area contributed by atoms with Crippen LogP contribution in [-0.4, -0.2) is 20.9 Å². The topological polar surface area (TPSA) is 55.1 Å². The number of carboxylic acids is 1. The van der Waals surface area contributed by atoms with Gasteiger partial charge in [0, 0.05) is 29.5 Å². The van der Waals surface area contributed by atoms with E-state index in [9.17, 15) is 4.79 Å². The van der Waals surface area contributed by atoms with Gasteiger partial charge in [-0.2, -0.15) is 5.10 Å².